The van der Waals surface area contributed by atoms with Gasteiger partial charge in [0.2, 0.25) is 5.91 Å². The van der Waals surface area contributed by atoms with Gasteiger partial charge in [-0.05, 0) is 33.1 Å². The summed E-state index contributed by atoms with van der Waals surface area (Å²) < 4.78 is 0. The van der Waals surface area contributed by atoms with Crippen molar-refractivity contribution in [2.75, 3.05) is 6.54 Å². The molecule has 0 bridgehead atoms. The number of hydrogen-bond acceptors (Lipinski definition) is 2. The number of nitrogens with two attached hydrogens (primary N) is 1. The highest BCUT2D eigenvalue weighted by Gasteiger charge is 2.40. The highest BCUT2D eigenvalue weighted by molar-refractivity contribution is 7.80. The molecule has 4 heteroatoms. The topological polar surface area (TPSA) is 46.3 Å². The Morgan fingerprint density at radius 3 is 2.40 bits per heavy atom. The van der Waals surface area contributed by atoms with E-state index in [1.54, 1.807) is 0 Å². The second-order valence-corrected chi connectivity index (χ2v) is 5.16. The van der Waals surface area contributed by atoms with Crippen LogP contribution in [-0.2, 0) is 4.79 Å². The van der Waals surface area contributed by atoms with Crippen molar-refractivity contribution >= 4 is 23.1 Å². The summed E-state index contributed by atoms with van der Waals surface area (Å²) in [6.07, 6.45) is 3.23. The molecule has 0 unspecified atom stereocenters. The van der Waals surface area contributed by atoms with E-state index in [0.717, 1.165) is 25.8 Å². The van der Waals surface area contributed by atoms with Crippen LogP contribution in [0.2, 0.25) is 0 Å². The number of carbonyl (C=O) groups is 1. The summed E-state index contributed by atoms with van der Waals surface area (Å²) >= 11 is 4.95. The number of nitrogens with zero attached hydrogens (tertiary/aromatic N) is 1. The molecule has 0 radical (unpaired) electrons. The van der Waals surface area contributed by atoms with Gasteiger partial charge < -0.3 is 10.6 Å². The van der Waals surface area contributed by atoms with Gasteiger partial charge in [0.05, 0.1) is 10.4 Å². The molecule has 0 aromatic rings. The van der Waals surface area contributed by atoms with Crippen molar-refractivity contribution in [2.45, 2.75) is 46.1 Å². The van der Waals surface area contributed by atoms with Gasteiger partial charge in [-0.3, -0.25) is 4.79 Å². The molecule has 0 aromatic carbocycles. The van der Waals surface area contributed by atoms with Crippen LogP contribution < -0.4 is 5.73 Å². The van der Waals surface area contributed by atoms with Gasteiger partial charge in [0.25, 0.3) is 0 Å². The molecule has 0 spiro atoms. The smallest absolute Gasteiger partial charge is 0.235 e. The molecule has 1 saturated carbocycles. The van der Waals surface area contributed by atoms with Gasteiger partial charge in [-0.15, -0.1) is 0 Å². The monoisotopic (exact) mass is 228 g/mol. The number of hydrogen-bond donors (Lipinski definition) is 1. The predicted octanol–water partition coefficient (Wildman–Crippen LogP) is 1.70. The molecular weight excluding hydrogens is 208 g/mol. The van der Waals surface area contributed by atoms with Gasteiger partial charge in [0.15, 0.2) is 0 Å². The normalized spacial score (nSPS) is 16.2. The van der Waals surface area contributed by atoms with E-state index in [-0.39, 0.29) is 10.9 Å². The van der Waals surface area contributed by atoms with Gasteiger partial charge in [-0.2, -0.15) is 0 Å². The fourth-order valence-corrected chi connectivity index (χ4v) is 1.63. The fraction of sp³-hybridized carbons (Fsp3) is 0.818. The standard InChI is InChI=1S/C11H20N2OS/c1-4-7-13(8-5-6-8)10(14)11(2,3)9(12)15/h8H,4-7H2,1-3H3,(H2,12,15). The fourth-order valence-electron chi connectivity index (χ4n) is 1.54. The van der Waals surface area contributed by atoms with Crippen molar-refractivity contribution in [3.05, 3.63) is 0 Å². The van der Waals surface area contributed by atoms with Crippen molar-refractivity contribution in [1.29, 1.82) is 0 Å². The lowest BCUT2D eigenvalue weighted by Crippen LogP contribution is -2.48. The molecule has 86 valence electrons. The van der Waals surface area contributed by atoms with Crippen LogP contribution in [0.1, 0.15) is 40.0 Å². The third-order valence-electron chi connectivity index (χ3n) is 2.86. The highest BCUT2D eigenvalue weighted by Crippen LogP contribution is 2.31. The minimum absolute atomic E-state index is 0.0827. The summed E-state index contributed by atoms with van der Waals surface area (Å²) in [7, 11) is 0. The zero-order valence-electron chi connectivity index (χ0n) is 9.75. The van der Waals surface area contributed by atoms with Crippen molar-refractivity contribution < 1.29 is 4.79 Å². The molecule has 0 heterocycles. The summed E-state index contributed by atoms with van der Waals surface area (Å²) in [6.45, 7) is 6.51. The summed E-state index contributed by atoms with van der Waals surface area (Å²) in [6, 6.07) is 0.436. The molecule has 1 amide bonds. The largest absolute Gasteiger partial charge is 0.392 e. The van der Waals surface area contributed by atoms with E-state index in [9.17, 15) is 4.79 Å². The number of thiocarbonyl (C=S) groups is 1. The minimum Gasteiger partial charge on any atom is -0.392 e. The van der Waals surface area contributed by atoms with Gasteiger partial charge in [-0.25, -0.2) is 0 Å². The predicted molar refractivity (Wildman–Crippen MR) is 65.6 cm³/mol. The van der Waals surface area contributed by atoms with Crippen LogP contribution in [0.15, 0.2) is 0 Å². The second-order valence-electron chi connectivity index (χ2n) is 4.72. The average Bonchev–Trinajstić information content (AvgIpc) is 2.96. The van der Waals surface area contributed by atoms with E-state index in [2.05, 4.69) is 6.92 Å². The van der Waals surface area contributed by atoms with Crippen LogP contribution >= 0.6 is 12.2 Å². The van der Waals surface area contributed by atoms with Gasteiger partial charge in [0.1, 0.15) is 0 Å². The van der Waals surface area contributed by atoms with Gasteiger partial charge in [0, 0.05) is 12.6 Å². The molecule has 2 N–H and O–H groups in total. The van der Waals surface area contributed by atoms with E-state index < -0.39 is 5.41 Å². The Balaban J connectivity index is 2.74. The van der Waals surface area contributed by atoms with Crippen molar-refractivity contribution in [3.8, 4) is 0 Å². The lowest BCUT2D eigenvalue weighted by molar-refractivity contribution is -0.137. The van der Waals surface area contributed by atoms with Gasteiger partial charge >= 0.3 is 0 Å². The zero-order valence-corrected chi connectivity index (χ0v) is 10.6. The number of amides is 1. The maximum Gasteiger partial charge on any atom is 0.235 e. The minimum atomic E-state index is -0.701. The first kappa shape index (κ1) is 12.4. The maximum atomic E-state index is 12.2. The summed E-state index contributed by atoms with van der Waals surface area (Å²) in [4.78, 5) is 14.5. The SMILES string of the molecule is CCCN(C(=O)C(C)(C)C(N)=S)C1CC1. The van der Waals surface area contributed by atoms with Crippen LogP contribution in [0, 0.1) is 5.41 Å². The molecule has 15 heavy (non-hydrogen) atoms. The van der Waals surface area contributed by atoms with Crippen molar-refractivity contribution in [3.63, 3.8) is 0 Å². The molecule has 0 saturated heterocycles. The Morgan fingerprint density at radius 2 is 2.07 bits per heavy atom. The highest BCUT2D eigenvalue weighted by atomic mass is 32.1. The third-order valence-corrected chi connectivity index (χ3v) is 3.37. The Morgan fingerprint density at radius 1 is 1.53 bits per heavy atom. The second kappa shape index (κ2) is 4.47. The molecule has 1 rings (SSSR count). The van der Waals surface area contributed by atoms with Crippen molar-refractivity contribution in [1.82, 2.24) is 4.90 Å². The number of carbonyl (C=O) groups excluding carboxylic acids is 1. The molecule has 0 aromatic heterocycles. The van der Waals surface area contributed by atoms with E-state index in [0.29, 0.717) is 6.04 Å². The Kier molecular flexibility index (Phi) is 3.71. The molecule has 1 fully saturated rings. The molecule has 0 atom stereocenters. The van der Waals surface area contributed by atoms with E-state index in [1.165, 1.54) is 0 Å². The lowest BCUT2D eigenvalue weighted by atomic mass is 9.91. The third kappa shape index (κ3) is 2.68. The average molecular weight is 228 g/mol. The van der Waals surface area contributed by atoms with E-state index >= 15 is 0 Å². The lowest BCUT2D eigenvalue weighted by Gasteiger charge is -2.31. The Bertz CT molecular complexity index is 272. The summed E-state index contributed by atoms with van der Waals surface area (Å²) in [5.74, 6) is 0.0827. The van der Waals surface area contributed by atoms with Crippen molar-refractivity contribution in [2.24, 2.45) is 11.1 Å². The first-order chi connectivity index (χ1) is 6.91. The maximum absolute atomic E-state index is 12.2. The Labute approximate surface area is 97.0 Å². The molecule has 0 aliphatic heterocycles. The number of rotatable bonds is 5. The first-order valence-corrected chi connectivity index (χ1v) is 5.93. The van der Waals surface area contributed by atoms with Crippen LogP contribution in [0.4, 0.5) is 0 Å². The van der Waals surface area contributed by atoms with Crippen LogP contribution in [0.5, 0.6) is 0 Å². The van der Waals surface area contributed by atoms with E-state index in [4.69, 9.17) is 18.0 Å². The van der Waals surface area contributed by atoms with Gasteiger partial charge in [-0.1, -0.05) is 19.1 Å². The first-order valence-electron chi connectivity index (χ1n) is 5.52. The quantitative estimate of drug-likeness (QED) is 0.729. The zero-order chi connectivity index (χ0) is 11.6. The summed E-state index contributed by atoms with van der Waals surface area (Å²) in [5, 5.41) is 0. The molecule has 1 aliphatic rings. The van der Waals surface area contributed by atoms with Crippen LogP contribution in [-0.4, -0.2) is 28.4 Å². The summed E-state index contributed by atoms with van der Waals surface area (Å²) in [5.41, 5.74) is 4.91. The van der Waals surface area contributed by atoms with E-state index in [1.807, 2.05) is 18.7 Å². The Hall–Kier alpha value is -0.640. The molecule has 1 aliphatic carbocycles. The van der Waals surface area contributed by atoms with Crippen LogP contribution in [0.3, 0.4) is 0 Å². The van der Waals surface area contributed by atoms with Crippen LogP contribution in [0.25, 0.3) is 0 Å². The molecule has 3 nitrogen and oxygen atoms in total. The molecular formula is C11H20N2OS.